The van der Waals surface area contributed by atoms with Gasteiger partial charge in [0.2, 0.25) is 5.91 Å². The van der Waals surface area contributed by atoms with Crippen LogP contribution in [-0.2, 0) is 14.6 Å². The van der Waals surface area contributed by atoms with Crippen molar-refractivity contribution in [2.24, 2.45) is 10.9 Å². The number of nitrogens with zero attached hydrogens (tertiary/aromatic N) is 1. The molecule has 1 saturated heterocycles. The van der Waals surface area contributed by atoms with E-state index in [9.17, 15) is 13.2 Å². The van der Waals surface area contributed by atoms with Crippen molar-refractivity contribution in [3.05, 3.63) is 0 Å². The van der Waals surface area contributed by atoms with Gasteiger partial charge in [-0.25, -0.2) is 8.42 Å². The molecule has 2 unspecified atom stereocenters. The number of oxime groups is 1. The SMILES string of the molecule is CCC(CC(N)=NO)NC(=O)C1CCCCS1(=O)=O. The van der Waals surface area contributed by atoms with Gasteiger partial charge in [-0.05, 0) is 19.3 Å². The molecule has 4 N–H and O–H groups in total. The molecule has 1 aliphatic heterocycles. The molecule has 0 aromatic carbocycles. The summed E-state index contributed by atoms with van der Waals surface area (Å²) in [6.45, 7) is 1.84. The van der Waals surface area contributed by atoms with Crippen LogP contribution in [0.4, 0.5) is 0 Å². The number of rotatable bonds is 5. The van der Waals surface area contributed by atoms with Gasteiger partial charge in [0.15, 0.2) is 9.84 Å². The van der Waals surface area contributed by atoms with Crippen LogP contribution in [0.3, 0.4) is 0 Å². The number of hydrogen-bond donors (Lipinski definition) is 3. The molecule has 0 bridgehead atoms. The van der Waals surface area contributed by atoms with Gasteiger partial charge in [-0.3, -0.25) is 4.79 Å². The minimum Gasteiger partial charge on any atom is -0.409 e. The van der Waals surface area contributed by atoms with Gasteiger partial charge in [-0.1, -0.05) is 18.5 Å². The number of hydrogen-bond acceptors (Lipinski definition) is 5. The average molecular weight is 291 g/mol. The Morgan fingerprint density at radius 2 is 2.21 bits per heavy atom. The summed E-state index contributed by atoms with van der Waals surface area (Å²) in [5.74, 6) is -0.391. The number of carbonyl (C=O) groups is 1. The van der Waals surface area contributed by atoms with Crippen molar-refractivity contribution in [3.63, 3.8) is 0 Å². The van der Waals surface area contributed by atoms with Crippen LogP contribution in [0.1, 0.15) is 39.0 Å². The maximum absolute atomic E-state index is 12.0. The Labute approximate surface area is 113 Å². The molecule has 1 amide bonds. The van der Waals surface area contributed by atoms with Crippen LogP contribution in [0, 0.1) is 0 Å². The van der Waals surface area contributed by atoms with Crippen molar-refractivity contribution < 1.29 is 18.4 Å². The molecule has 0 aromatic heterocycles. The van der Waals surface area contributed by atoms with Crippen molar-refractivity contribution in [1.29, 1.82) is 0 Å². The van der Waals surface area contributed by atoms with Crippen LogP contribution in [0.25, 0.3) is 0 Å². The van der Waals surface area contributed by atoms with E-state index in [-0.39, 0.29) is 24.1 Å². The summed E-state index contributed by atoms with van der Waals surface area (Å²) in [6, 6.07) is -0.319. The molecule has 110 valence electrons. The molecule has 0 saturated carbocycles. The smallest absolute Gasteiger partial charge is 0.238 e. The quantitative estimate of drug-likeness (QED) is 0.284. The molecule has 8 heteroatoms. The number of carbonyl (C=O) groups excluding carboxylic acids is 1. The van der Waals surface area contributed by atoms with Crippen molar-refractivity contribution in [3.8, 4) is 0 Å². The Bertz CT molecular complexity index is 447. The van der Waals surface area contributed by atoms with E-state index >= 15 is 0 Å². The zero-order valence-electron chi connectivity index (χ0n) is 11.0. The first kappa shape index (κ1) is 15.7. The van der Waals surface area contributed by atoms with E-state index < -0.39 is 21.0 Å². The van der Waals surface area contributed by atoms with Crippen LogP contribution in [-0.4, -0.2) is 42.4 Å². The maximum Gasteiger partial charge on any atom is 0.238 e. The van der Waals surface area contributed by atoms with Crippen LogP contribution in [0.2, 0.25) is 0 Å². The van der Waals surface area contributed by atoms with Gasteiger partial charge in [0, 0.05) is 12.5 Å². The second-order valence-corrected chi connectivity index (χ2v) is 7.06. The molecule has 19 heavy (non-hydrogen) atoms. The lowest BCUT2D eigenvalue weighted by Gasteiger charge is -2.24. The van der Waals surface area contributed by atoms with E-state index in [0.717, 1.165) is 6.42 Å². The predicted octanol–water partition coefficient (Wildman–Crippen LogP) is -0.0150. The van der Waals surface area contributed by atoms with Gasteiger partial charge >= 0.3 is 0 Å². The third-order valence-corrected chi connectivity index (χ3v) is 5.47. The predicted molar refractivity (Wildman–Crippen MR) is 71.7 cm³/mol. The van der Waals surface area contributed by atoms with Crippen LogP contribution in [0.5, 0.6) is 0 Å². The lowest BCUT2D eigenvalue weighted by Crippen LogP contribution is -2.47. The maximum atomic E-state index is 12.0. The lowest BCUT2D eigenvalue weighted by atomic mass is 10.1. The highest BCUT2D eigenvalue weighted by molar-refractivity contribution is 7.92. The third kappa shape index (κ3) is 4.38. The monoisotopic (exact) mass is 291 g/mol. The first-order chi connectivity index (χ1) is 8.90. The van der Waals surface area contributed by atoms with E-state index in [1.165, 1.54) is 0 Å². The van der Waals surface area contributed by atoms with Crippen LogP contribution >= 0.6 is 0 Å². The molecule has 0 spiro atoms. The van der Waals surface area contributed by atoms with Crippen LogP contribution in [0.15, 0.2) is 5.16 Å². The van der Waals surface area contributed by atoms with Crippen molar-refractivity contribution >= 4 is 21.6 Å². The number of sulfone groups is 1. The Morgan fingerprint density at radius 3 is 2.74 bits per heavy atom. The van der Waals surface area contributed by atoms with Crippen molar-refractivity contribution in [2.75, 3.05) is 5.75 Å². The number of amides is 1. The molecular weight excluding hydrogens is 270 g/mol. The highest BCUT2D eigenvalue weighted by atomic mass is 32.2. The van der Waals surface area contributed by atoms with Crippen LogP contribution < -0.4 is 11.1 Å². The summed E-state index contributed by atoms with van der Waals surface area (Å²) in [4.78, 5) is 12.0. The summed E-state index contributed by atoms with van der Waals surface area (Å²) in [6.07, 6.45) is 2.51. The van der Waals surface area contributed by atoms with Gasteiger partial charge in [-0.15, -0.1) is 0 Å². The standard InChI is InChI=1S/C11H21N3O4S/c1-2-8(7-10(12)14-16)13-11(15)9-5-3-4-6-19(9,17)18/h8-9,16H,2-7H2,1H3,(H2,12,14)(H,13,15). The highest BCUT2D eigenvalue weighted by Crippen LogP contribution is 2.20. The Hall–Kier alpha value is -1.31. The Morgan fingerprint density at radius 1 is 1.53 bits per heavy atom. The largest absolute Gasteiger partial charge is 0.409 e. The third-order valence-electron chi connectivity index (χ3n) is 3.29. The second-order valence-electron chi connectivity index (χ2n) is 4.76. The Kier molecular flexibility index (Phi) is 5.59. The lowest BCUT2D eigenvalue weighted by molar-refractivity contribution is -0.121. The van der Waals surface area contributed by atoms with E-state index in [0.29, 0.717) is 19.3 Å². The molecule has 7 nitrogen and oxygen atoms in total. The van der Waals surface area contributed by atoms with Gasteiger partial charge in [0.05, 0.1) is 5.75 Å². The molecule has 1 aliphatic rings. The fourth-order valence-electron chi connectivity index (χ4n) is 2.13. The zero-order chi connectivity index (χ0) is 14.5. The van der Waals surface area contributed by atoms with Crippen molar-refractivity contribution in [2.45, 2.75) is 50.3 Å². The normalized spacial score (nSPS) is 24.7. The minimum absolute atomic E-state index is 0.0126. The molecular formula is C11H21N3O4S. The second kappa shape index (κ2) is 6.74. The molecule has 0 radical (unpaired) electrons. The fourth-order valence-corrected chi connectivity index (χ4v) is 3.94. The topological polar surface area (TPSA) is 122 Å². The molecule has 1 heterocycles. The first-order valence-electron chi connectivity index (χ1n) is 6.39. The first-order valence-corrected chi connectivity index (χ1v) is 8.10. The molecule has 1 rings (SSSR count). The Balaban J connectivity index is 2.66. The molecule has 0 aliphatic carbocycles. The summed E-state index contributed by atoms with van der Waals surface area (Å²) in [5.41, 5.74) is 5.39. The fraction of sp³-hybridized carbons (Fsp3) is 0.818. The molecule has 2 atom stereocenters. The minimum atomic E-state index is -3.33. The van der Waals surface area contributed by atoms with E-state index in [1.807, 2.05) is 6.92 Å². The molecule has 1 fully saturated rings. The van der Waals surface area contributed by atoms with Gasteiger partial charge < -0.3 is 16.3 Å². The molecule has 0 aromatic rings. The average Bonchev–Trinajstić information content (AvgIpc) is 2.36. The highest BCUT2D eigenvalue weighted by Gasteiger charge is 2.35. The van der Waals surface area contributed by atoms with E-state index in [1.54, 1.807) is 0 Å². The summed E-state index contributed by atoms with van der Waals surface area (Å²) in [7, 11) is -3.33. The zero-order valence-corrected chi connectivity index (χ0v) is 11.8. The van der Waals surface area contributed by atoms with Gasteiger partial charge in [0.1, 0.15) is 11.1 Å². The van der Waals surface area contributed by atoms with Gasteiger partial charge in [-0.2, -0.15) is 0 Å². The van der Waals surface area contributed by atoms with E-state index in [2.05, 4.69) is 10.5 Å². The van der Waals surface area contributed by atoms with E-state index in [4.69, 9.17) is 10.9 Å². The number of nitrogens with one attached hydrogen (secondary N) is 1. The van der Waals surface area contributed by atoms with Gasteiger partial charge in [0.25, 0.3) is 0 Å². The summed E-state index contributed by atoms with van der Waals surface area (Å²) in [5, 5.41) is 13.1. The number of amidine groups is 1. The summed E-state index contributed by atoms with van der Waals surface area (Å²) >= 11 is 0. The van der Waals surface area contributed by atoms with Crippen molar-refractivity contribution in [1.82, 2.24) is 5.32 Å². The number of nitrogens with two attached hydrogens (primary N) is 1. The summed E-state index contributed by atoms with van der Waals surface area (Å²) < 4.78 is 23.6.